The highest BCUT2D eigenvalue weighted by atomic mass is 32.2. The summed E-state index contributed by atoms with van der Waals surface area (Å²) in [6.07, 6.45) is 0.989. The summed E-state index contributed by atoms with van der Waals surface area (Å²) in [6, 6.07) is 6.81. The minimum Gasteiger partial charge on any atom is -0.481 e. The highest BCUT2D eigenvalue weighted by Gasteiger charge is 2.24. The number of morpholine rings is 1. The van der Waals surface area contributed by atoms with Crippen molar-refractivity contribution in [2.75, 3.05) is 31.0 Å². The van der Waals surface area contributed by atoms with Gasteiger partial charge in [0.05, 0.1) is 19.1 Å². The maximum atomic E-state index is 12.2. The van der Waals surface area contributed by atoms with Gasteiger partial charge in [-0.05, 0) is 30.5 Å². The monoisotopic (exact) mass is 342 g/mol. The summed E-state index contributed by atoms with van der Waals surface area (Å²) in [4.78, 5) is 11.1. The van der Waals surface area contributed by atoms with E-state index < -0.39 is 22.1 Å². The number of carbonyl (C=O) groups is 1. The van der Waals surface area contributed by atoms with E-state index in [1.807, 2.05) is 6.92 Å². The molecule has 0 bridgehead atoms. The van der Waals surface area contributed by atoms with E-state index in [0.717, 1.165) is 5.56 Å². The molecular formula is C15H22N2O5S. The number of benzene rings is 1. The first-order chi connectivity index (χ1) is 10.9. The Bertz CT molecular complexity index is 624. The Labute approximate surface area is 136 Å². The zero-order chi connectivity index (χ0) is 16.9. The molecule has 1 aliphatic heterocycles. The van der Waals surface area contributed by atoms with Crippen LogP contribution in [0.1, 0.15) is 18.9 Å². The molecule has 0 radical (unpaired) electrons. The Balaban J connectivity index is 2.00. The van der Waals surface area contributed by atoms with E-state index in [0.29, 0.717) is 44.8 Å². The Morgan fingerprint density at radius 2 is 1.91 bits per heavy atom. The summed E-state index contributed by atoms with van der Waals surface area (Å²) in [5, 5.41) is 9.08. The number of rotatable bonds is 7. The van der Waals surface area contributed by atoms with Crippen LogP contribution >= 0.6 is 0 Å². The largest absolute Gasteiger partial charge is 0.481 e. The van der Waals surface area contributed by atoms with Crippen molar-refractivity contribution < 1.29 is 23.1 Å². The fraction of sp³-hybridized carbons (Fsp3) is 0.533. The second-order valence-electron chi connectivity index (χ2n) is 5.46. The van der Waals surface area contributed by atoms with Crippen LogP contribution in [0.3, 0.4) is 0 Å². The van der Waals surface area contributed by atoms with Crippen LogP contribution < -0.4 is 4.72 Å². The van der Waals surface area contributed by atoms with Crippen molar-refractivity contribution in [1.82, 2.24) is 4.31 Å². The number of nitrogens with zero attached hydrogens (tertiary/aromatic N) is 1. The fourth-order valence-electron chi connectivity index (χ4n) is 2.40. The summed E-state index contributed by atoms with van der Waals surface area (Å²) in [6.45, 7) is 3.30. The Hall–Kier alpha value is -1.64. The number of carboxylic acid groups (broad SMARTS) is 1. The van der Waals surface area contributed by atoms with Gasteiger partial charge >= 0.3 is 16.2 Å². The lowest BCUT2D eigenvalue weighted by molar-refractivity contribution is -0.141. The van der Waals surface area contributed by atoms with Crippen molar-refractivity contribution in [3.63, 3.8) is 0 Å². The molecule has 1 fully saturated rings. The first-order valence-corrected chi connectivity index (χ1v) is 9.03. The van der Waals surface area contributed by atoms with Crippen molar-refractivity contribution in [3.8, 4) is 0 Å². The number of ether oxygens (including phenoxy) is 1. The molecule has 1 heterocycles. The van der Waals surface area contributed by atoms with Crippen LogP contribution in [0, 0.1) is 5.92 Å². The van der Waals surface area contributed by atoms with Crippen LogP contribution in [-0.2, 0) is 26.2 Å². The smallest absolute Gasteiger partial charge is 0.306 e. The Morgan fingerprint density at radius 1 is 1.30 bits per heavy atom. The number of hydrogen-bond donors (Lipinski definition) is 2. The van der Waals surface area contributed by atoms with Crippen LogP contribution in [0.15, 0.2) is 24.3 Å². The molecule has 1 aromatic carbocycles. The van der Waals surface area contributed by atoms with Crippen LogP contribution in [0.4, 0.5) is 5.69 Å². The molecule has 1 atom stereocenters. The third kappa shape index (κ3) is 4.92. The van der Waals surface area contributed by atoms with Gasteiger partial charge in [-0.1, -0.05) is 19.1 Å². The van der Waals surface area contributed by atoms with E-state index in [1.165, 1.54) is 4.31 Å². The number of nitrogens with one attached hydrogen (secondary N) is 1. The molecule has 2 rings (SSSR count). The zero-order valence-electron chi connectivity index (χ0n) is 13.1. The van der Waals surface area contributed by atoms with E-state index in [-0.39, 0.29) is 0 Å². The molecule has 8 heteroatoms. The molecule has 7 nitrogen and oxygen atoms in total. The predicted octanol–water partition coefficient (Wildman–Crippen LogP) is 1.33. The summed E-state index contributed by atoms with van der Waals surface area (Å²) >= 11 is 0. The Kier molecular flexibility index (Phi) is 5.97. The second kappa shape index (κ2) is 7.76. The number of anilines is 1. The molecule has 0 saturated carbocycles. The van der Waals surface area contributed by atoms with Crippen molar-refractivity contribution in [3.05, 3.63) is 29.8 Å². The molecular weight excluding hydrogens is 320 g/mol. The summed E-state index contributed by atoms with van der Waals surface area (Å²) in [5.74, 6) is -1.24. The van der Waals surface area contributed by atoms with Gasteiger partial charge in [-0.25, -0.2) is 0 Å². The fourth-order valence-corrected chi connectivity index (χ4v) is 3.59. The molecule has 128 valence electrons. The average molecular weight is 342 g/mol. The lowest BCUT2D eigenvalue weighted by Crippen LogP contribution is -2.43. The highest BCUT2D eigenvalue weighted by Crippen LogP contribution is 2.17. The molecule has 1 aromatic rings. The van der Waals surface area contributed by atoms with E-state index in [2.05, 4.69) is 4.72 Å². The third-order valence-corrected chi connectivity index (χ3v) is 5.37. The lowest BCUT2D eigenvalue weighted by atomic mass is 9.97. The first kappa shape index (κ1) is 17.7. The van der Waals surface area contributed by atoms with Gasteiger partial charge in [0, 0.05) is 18.8 Å². The molecule has 1 unspecified atom stereocenters. The quantitative estimate of drug-likeness (QED) is 0.779. The van der Waals surface area contributed by atoms with Gasteiger partial charge in [-0.3, -0.25) is 9.52 Å². The normalized spacial score (nSPS) is 17.6. The molecule has 2 N–H and O–H groups in total. The van der Waals surface area contributed by atoms with E-state index >= 15 is 0 Å². The molecule has 1 aliphatic rings. The SMILES string of the molecule is CCC(Cc1ccc(NS(=O)(=O)N2CCOCC2)cc1)C(=O)O. The number of aliphatic carboxylic acids is 1. The van der Waals surface area contributed by atoms with Crippen molar-refractivity contribution in [2.45, 2.75) is 19.8 Å². The molecule has 0 spiro atoms. The minimum absolute atomic E-state index is 0.338. The molecule has 0 amide bonds. The molecule has 0 aromatic heterocycles. The van der Waals surface area contributed by atoms with E-state index in [1.54, 1.807) is 24.3 Å². The summed E-state index contributed by atoms with van der Waals surface area (Å²) < 4.78 is 33.5. The van der Waals surface area contributed by atoms with Gasteiger partial charge in [-0.2, -0.15) is 12.7 Å². The molecule has 1 saturated heterocycles. The van der Waals surface area contributed by atoms with Gasteiger partial charge in [0.25, 0.3) is 0 Å². The van der Waals surface area contributed by atoms with E-state index in [4.69, 9.17) is 9.84 Å². The van der Waals surface area contributed by atoms with Gasteiger partial charge < -0.3 is 9.84 Å². The lowest BCUT2D eigenvalue weighted by Gasteiger charge is -2.26. The first-order valence-electron chi connectivity index (χ1n) is 7.59. The topological polar surface area (TPSA) is 95.9 Å². The van der Waals surface area contributed by atoms with Crippen LogP contribution in [0.25, 0.3) is 0 Å². The maximum Gasteiger partial charge on any atom is 0.306 e. The van der Waals surface area contributed by atoms with Crippen LogP contribution in [0.2, 0.25) is 0 Å². The zero-order valence-corrected chi connectivity index (χ0v) is 13.9. The average Bonchev–Trinajstić information content (AvgIpc) is 2.54. The van der Waals surface area contributed by atoms with Gasteiger partial charge in [0.1, 0.15) is 0 Å². The Morgan fingerprint density at radius 3 is 2.43 bits per heavy atom. The summed E-state index contributed by atoms with van der Waals surface area (Å²) in [5.41, 5.74) is 1.33. The third-order valence-electron chi connectivity index (χ3n) is 3.83. The van der Waals surface area contributed by atoms with Gasteiger partial charge in [-0.15, -0.1) is 0 Å². The highest BCUT2D eigenvalue weighted by molar-refractivity contribution is 7.90. The van der Waals surface area contributed by atoms with Gasteiger partial charge in [0.2, 0.25) is 0 Å². The molecule has 23 heavy (non-hydrogen) atoms. The molecule has 0 aliphatic carbocycles. The standard InChI is InChI=1S/C15H22N2O5S/c1-2-13(15(18)19)11-12-3-5-14(6-4-12)16-23(20,21)17-7-9-22-10-8-17/h3-6,13,16H,2,7-11H2,1H3,(H,18,19). The predicted molar refractivity (Wildman–Crippen MR) is 86.5 cm³/mol. The summed E-state index contributed by atoms with van der Waals surface area (Å²) in [7, 11) is -3.58. The van der Waals surface area contributed by atoms with Gasteiger partial charge in [0.15, 0.2) is 0 Å². The number of hydrogen-bond acceptors (Lipinski definition) is 4. The van der Waals surface area contributed by atoms with Crippen LogP contribution in [-0.4, -0.2) is 50.1 Å². The van der Waals surface area contributed by atoms with E-state index in [9.17, 15) is 13.2 Å². The maximum absolute atomic E-state index is 12.2. The second-order valence-corrected chi connectivity index (χ2v) is 7.13. The van der Waals surface area contributed by atoms with Crippen molar-refractivity contribution in [2.24, 2.45) is 5.92 Å². The van der Waals surface area contributed by atoms with Crippen LogP contribution in [0.5, 0.6) is 0 Å². The van der Waals surface area contributed by atoms with Crippen molar-refractivity contribution >= 4 is 21.9 Å². The van der Waals surface area contributed by atoms with Crippen molar-refractivity contribution in [1.29, 1.82) is 0 Å². The number of carboxylic acids is 1. The minimum atomic E-state index is -3.58.